The van der Waals surface area contributed by atoms with E-state index < -0.39 is 0 Å². The highest BCUT2D eigenvalue weighted by molar-refractivity contribution is 5.70. The summed E-state index contributed by atoms with van der Waals surface area (Å²) < 4.78 is 17.4. The van der Waals surface area contributed by atoms with Crippen LogP contribution in [0.25, 0.3) is 0 Å². The molecular weight excluding hydrogens is 849 g/mol. The Balaban J connectivity index is 2.60. The van der Waals surface area contributed by atoms with E-state index in [9.17, 15) is 19.5 Å². The zero-order chi connectivity index (χ0) is 49.4. The van der Waals surface area contributed by atoms with Crippen LogP contribution in [0.5, 0.6) is 0 Å². The number of ether oxygens (including phenoxy) is 3. The molecule has 1 unspecified atom stereocenters. The molecule has 0 spiro atoms. The van der Waals surface area contributed by atoms with E-state index in [2.05, 4.69) is 37.5 Å². The molecule has 1 rings (SSSR count). The second-order valence-electron chi connectivity index (χ2n) is 21.1. The second kappa shape index (κ2) is 48.9. The Kier molecular flexibility index (Phi) is 46.2. The average molecular weight is 964 g/mol. The van der Waals surface area contributed by atoms with Gasteiger partial charge in [0.05, 0.1) is 26.4 Å². The molecule has 9 nitrogen and oxygen atoms in total. The Morgan fingerprint density at radius 3 is 1.24 bits per heavy atom. The summed E-state index contributed by atoms with van der Waals surface area (Å²) in [6.07, 6.45) is 45.4. The zero-order valence-corrected chi connectivity index (χ0v) is 45.7. The number of carbonyl (C=O) groups excluding carboxylic acids is 3. The first-order valence-corrected chi connectivity index (χ1v) is 29.9. The van der Waals surface area contributed by atoms with E-state index in [-0.39, 0.29) is 30.4 Å². The molecule has 1 saturated carbocycles. The number of rotatable bonds is 49. The van der Waals surface area contributed by atoms with Crippen LogP contribution in [0.3, 0.4) is 0 Å². The maximum absolute atomic E-state index is 12.9. The van der Waals surface area contributed by atoms with Gasteiger partial charge in [-0.15, -0.1) is 0 Å². The molecule has 1 aliphatic carbocycles. The number of nitrogens with zero attached hydrogens (tertiary/aromatic N) is 2. The van der Waals surface area contributed by atoms with Crippen molar-refractivity contribution >= 4 is 17.9 Å². The Morgan fingerprint density at radius 2 is 0.750 bits per heavy atom. The molecule has 1 fully saturated rings. The normalized spacial score (nSPS) is 14.1. The van der Waals surface area contributed by atoms with Crippen molar-refractivity contribution in [3.8, 4) is 0 Å². The average Bonchev–Trinajstić information content (AvgIpc) is 3.32. The zero-order valence-electron chi connectivity index (χ0n) is 45.7. The highest BCUT2D eigenvalue weighted by Gasteiger charge is 2.20. The molecule has 68 heavy (non-hydrogen) atoms. The lowest BCUT2D eigenvalue weighted by Gasteiger charge is -2.33. The van der Waals surface area contributed by atoms with Crippen molar-refractivity contribution in [2.45, 2.75) is 291 Å². The molecule has 0 aliphatic heterocycles. The molecule has 0 saturated heterocycles. The van der Waals surface area contributed by atoms with Gasteiger partial charge in [0, 0.05) is 37.8 Å². The molecule has 1 N–H and O–H groups in total. The van der Waals surface area contributed by atoms with Crippen LogP contribution >= 0.6 is 0 Å². The summed E-state index contributed by atoms with van der Waals surface area (Å²) in [6, 6.07) is 0.665. The topological polar surface area (TPSA) is 106 Å². The molecule has 402 valence electrons. The lowest BCUT2D eigenvalue weighted by molar-refractivity contribution is -0.149. The van der Waals surface area contributed by atoms with Crippen molar-refractivity contribution in [2.24, 2.45) is 11.8 Å². The van der Waals surface area contributed by atoms with Crippen LogP contribution in [-0.4, -0.2) is 98.0 Å². The van der Waals surface area contributed by atoms with Gasteiger partial charge in [0.15, 0.2) is 0 Å². The number of aliphatic hydroxyl groups excluding tert-OH is 1. The summed E-state index contributed by atoms with van der Waals surface area (Å²) in [5.74, 6) is 0.247. The third-order valence-corrected chi connectivity index (χ3v) is 14.7. The monoisotopic (exact) mass is 963 g/mol. The summed E-state index contributed by atoms with van der Waals surface area (Å²) in [5, 5.41) is 9.96. The van der Waals surface area contributed by atoms with Crippen LogP contribution in [0.1, 0.15) is 285 Å². The van der Waals surface area contributed by atoms with Crippen LogP contribution in [0.2, 0.25) is 0 Å². The van der Waals surface area contributed by atoms with E-state index in [1.165, 1.54) is 148 Å². The van der Waals surface area contributed by atoms with Gasteiger partial charge in [0.25, 0.3) is 0 Å². The molecule has 0 radical (unpaired) electrons. The van der Waals surface area contributed by atoms with E-state index in [0.717, 1.165) is 116 Å². The number of hydrogen-bond acceptors (Lipinski definition) is 9. The summed E-state index contributed by atoms with van der Waals surface area (Å²) in [6.45, 7) is 15.1. The van der Waals surface area contributed by atoms with Crippen molar-refractivity contribution in [1.29, 1.82) is 0 Å². The third-order valence-electron chi connectivity index (χ3n) is 14.7. The van der Waals surface area contributed by atoms with Crippen molar-refractivity contribution in [3.05, 3.63) is 0 Å². The van der Waals surface area contributed by atoms with Crippen LogP contribution in [-0.2, 0) is 28.6 Å². The molecule has 0 aromatic heterocycles. The van der Waals surface area contributed by atoms with Crippen LogP contribution in [0.15, 0.2) is 0 Å². The number of unbranched alkanes of at least 4 members (excludes halogenated alkanes) is 20. The number of hydrogen-bond donors (Lipinski definition) is 1. The van der Waals surface area contributed by atoms with E-state index in [1.54, 1.807) is 0 Å². The number of carbonyl (C=O) groups is 3. The molecule has 0 amide bonds. The fourth-order valence-electron chi connectivity index (χ4n) is 10.1. The van der Waals surface area contributed by atoms with Crippen LogP contribution < -0.4 is 0 Å². The van der Waals surface area contributed by atoms with Gasteiger partial charge in [0.1, 0.15) is 0 Å². The minimum atomic E-state index is -0.140. The first-order valence-electron chi connectivity index (χ1n) is 29.9. The van der Waals surface area contributed by atoms with Crippen LogP contribution in [0, 0.1) is 11.8 Å². The molecule has 0 aromatic rings. The minimum Gasteiger partial charge on any atom is -0.465 e. The molecule has 0 heterocycles. The van der Waals surface area contributed by atoms with Crippen molar-refractivity contribution in [1.82, 2.24) is 9.80 Å². The van der Waals surface area contributed by atoms with Gasteiger partial charge in [-0.3, -0.25) is 14.4 Å². The second-order valence-corrected chi connectivity index (χ2v) is 21.1. The predicted octanol–water partition coefficient (Wildman–Crippen LogP) is 15.5. The van der Waals surface area contributed by atoms with Crippen molar-refractivity contribution in [3.63, 3.8) is 0 Å². The fourth-order valence-corrected chi connectivity index (χ4v) is 10.1. The maximum atomic E-state index is 12.9. The van der Waals surface area contributed by atoms with Gasteiger partial charge in [-0.2, -0.15) is 0 Å². The number of aliphatic hydroxyl groups is 1. The lowest BCUT2D eigenvalue weighted by Crippen LogP contribution is -2.38. The molecule has 0 bridgehead atoms. The van der Waals surface area contributed by atoms with Gasteiger partial charge >= 0.3 is 17.9 Å². The van der Waals surface area contributed by atoms with Crippen LogP contribution in [0.4, 0.5) is 0 Å². The Morgan fingerprint density at radius 1 is 0.412 bits per heavy atom. The smallest absolute Gasteiger partial charge is 0.305 e. The van der Waals surface area contributed by atoms with Gasteiger partial charge in [-0.1, -0.05) is 188 Å². The summed E-state index contributed by atoms with van der Waals surface area (Å²) in [7, 11) is 0. The Bertz CT molecular complexity index is 1080. The van der Waals surface area contributed by atoms with Gasteiger partial charge < -0.3 is 29.1 Å². The SMILES string of the molecule is CCCCCCCCC(CCCCCC)COC(=O)CCCCCN(CCCCN(CCO)CCCCC(COC(=O)CCCCCCC)COC(=O)CCCCCCC)C1CCCCCCC1. The summed E-state index contributed by atoms with van der Waals surface area (Å²) >= 11 is 0. The fraction of sp³-hybridized carbons (Fsp3) is 0.949. The molecule has 1 aliphatic rings. The largest absolute Gasteiger partial charge is 0.465 e. The predicted molar refractivity (Wildman–Crippen MR) is 286 cm³/mol. The minimum absolute atomic E-state index is 0.00393. The molecular formula is C59H114N2O7. The molecule has 1 atom stereocenters. The van der Waals surface area contributed by atoms with E-state index in [1.807, 2.05) is 0 Å². The maximum Gasteiger partial charge on any atom is 0.305 e. The Labute approximate surface area is 421 Å². The standard InChI is InChI=1S/C59H114N2O7/c1-5-9-13-17-21-26-38-54(37-25-16-12-8-4)51-66-57(63)44-31-24-33-47-61(56-40-27-22-18-23-28-41-56)48-36-35-46-60(49-50-62)45-34-32-39-55(52-67-58(64)42-29-19-14-10-6-2)53-68-59(65)43-30-20-15-11-7-3/h54-56,62H,5-53H2,1-4H3. The quantitative estimate of drug-likeness (QED) is 0.0362. The van der Waals surface area contributed by atoms with Crippen molar-refractivity contribution in [2.75, 3.05) is 59.2 Å². The summed E-state index contributed by atoms with van der Waals surface area (Å²) in [4.78, 5) is 43.2. The first-order chi connectivity index (χ1) is 33.4. The van der Waals surface area contributed by atoms with Gasteiger partial charge in [0.2, 0.25) is 0 Å². The van der Waals surface area contributed by atoms with Gasteiger partial charge in [-0.25, -0.2) is 0 Å². The molecule has 9 heteroatoms. The van der Waals surface area contributed by atoms with E-state index >= 15 is 0 Å². The third kappa shape index (κ3) is 39.9. The van der Waals surface area contributed by atoms with Crippen molar-refractivity contribution < 1.29 is 33.7 Å². The molecule has 0 aromatic carbocycles. The number of esters is 3. The lowest BCUT2D eigenvalue weighted by atomic mass is 9.95. The van der Waals surface area contributed by atoms with E-state index in [0.29, 0.717) is 57.6 Å². The Hall–Kier alpha value is -1.71. The summed E-state index contributed by atoms with van der Waals surface area (Å²) in [5.41, 5.74) is 0. The highest BCUT2D eigenvalue weighted by Crippen LogP contribution is 2.24. The first kappa shape index (κ1) is 64.3. The van der Waals surface area contributed by atoms with Gasteiger partial charge in [-0.05, 0) is 109 Å². The van der Waals surface area contributed by atoms with E-state index in [4.69, 9.17) is 14.2 Å². The highest BCUT2D eigenvalue weighted by atomic mass is 16.5.